The molecule has 0 atom stereocenters. The quantitative estimate of drug-likeness (QED) is 0.294. The maximum absolute atomic E-state index is 14.3. The minimum atomic E-state index is -3.07. The molecule has 8 heteroatoms. The molecule has 4 rings (SSSR count). The van der Waals surface area contributed by atoms with Crippen molar-refractivity contribution in [2.24, 2.45) is 7.05 Å². The van der Waals surface area contributed by atoms with Crippen LogP contribution >= 0.6 is 22.9 Å². The van der Waals surface area contributed by atoms with Crippen LogP contribution in [0.2, 0.25) is 5.02 Å². The molecule has 0 bridgehead atoms. The Labute approximate surface area is 186 Å². The minimum absolute atomic E-state index is 0.111. The summed E-state index contributed by atoms with van der Waals surface area (Å²) >= 11 is 7.63. The summed E-state index contributed by atoms with van der Waals surface area (Å²) in [6.07, 6.45) is 0.629. The molecule has 0 unspecified atom stereocenters. The molecule has 0 saturated carbocycles. The molecule has 0 amide bonds. The molecule has 0 radical (unpaired) electrons. The number of alkyl halides is 2. The van der Waals surface area contributed by atoms with Gasteiger partial charge in [0.1, 0.15) is 5.82 Å². The Morgan fingerprint density at radius 3 is 2.52 bits per heavy atom. The second-order valence-corrected chi connectivity index (χ2v) is 8.27. The highest BCUT2D eigenvalue weighted by atomic mass is 35.5. The molecule has 2 aromatic heterocycles. The van der Waals surface area contributed by atoms with Gasteiger partial charge in [-0.25, -0.2) is 14.1 Å². The van der Waals surface area contributed by atoms with E-state index in [0.29, 0.717) is 11.9 Å². The van der Waals surface area contributed by atoms with E-state index in [-0.39, 0.29) is 22.0 Å². The van der Waals surface area contributed by atoms with E-state index in [1.165, 1.54) is 35.6 Å². The first kappa shape index (κ1) is 21.3. The summed E-state index contributed by atoms with van der Waals surface area (Å²) in [6.45, 7) is 5.12. The van der Waals surface area contributed by atoms with Crippen molar-refractivity contribution >= 4 is 22.9 Å². The number of thiophene rings is 1. The third kappa shape index (κ3) is 3.79. The zero-order valence-electron chi connectivity index (χ0n) is 16.7. The summed E-state index contributed by atoms with van der Waals surface area (Å²) in [5, 5.41) is 6.50. The zero-order chi connectivity index (χ0) is 22.3. The topological polar surface area (TPSA) is 30.7 Å². The summed E-state index contributed by atoms with van der Waals surface area (Å²) in [5.74, 6) is -2.81. The molecular formula is C23H17ClF3N3S. The third-order valence-electron chi connectivity index (χ3n) is 5.02. The molecule has 0 fully saturated rings. The summed E-state index contributed by atoms with van der Waals surface area (Å²) < 4.78 is 43.5. The van der Waals surface area contributed by atoms with Crippen LogP contribution < -0.4 is 0 Å². The van der Waals surface area contributed by atoms with Crippen LogP contribution in [-0.2, 0) is 13.0 Å². The van der Waals surface area contributed by atoms with Crippen LogP contribution in [-0.4, -0.2) is 14.8 Å². The van der Waals surface area contributed by atoms with Crippen molar-refractivity contribution in [3.05, 3.63) is 82.5 Å². The first-order chi connectivity index (χ1) is 14.7. The van der Waals surface area contributed by atoms with E-state index < -0.39 is 11.7 Å². The Balaban J connectivity index is 1.73. The predicted molar refractivity (Wildman–Crippen MR) is 119 cm³/mol. The van der Waals surface area contributed by atoms with Gasteiger partial charge >= 0.3 is 0 Å². The van der Waals surface area contributed by atoms with Crippen LogP contribution in [0.1, 0.15) is 11.1 Å². The van der Waals surface area contributed by atoms with Crippen molar-refractivity contribution in [1.29, 1.82) is 0 Å². The van der Waals surface area contributed by atoms with Crippen molar-refractivity contribution in [2.45, 2.75) is 12.8 Å². The number of nitrogens with zero attached hydrogens (tertiary/aromatic N) is 3. The number of rotatable bonds is 5. The fraction of sp³-hybridized carbons (Fsp3) is 0.130. The molecule has 3 nitrogen and oxygen atoms in total. The molecule has 158 valence electrons. The average molecular weight is 460 g/mol. The summed E-state index contributed by atoms with van der Waals surface area (Å²) in [5.41, 5.74) is 2.61. The maximum atomic E-state index is 14.3. The van der Waals surface area contributed by atoms with E-state index >= 15 is 0 Å². The van der Waals surface area contributed by atoms with Crippen LogP contribution in [0, 0.1) is 12.7 Å². The SMILES string of the molecule is C=CC(F)(F)c1ccc(-c2scc(-c3nc(-c4c(F)cccc4Cl)nn3C)c2C)cc1. The molecule has 4 aromatic rings. The van der Waals surface area contributed by atoms with Crippen molar-refractivity contribution < 1.29 is 13.2 Å². The average Bonchev–Trinajstić information content (AvgIpc) is 3.30. The predicted octanol–water partition coefficient (Wildman–Crippen LogP) is 7.26. The zero-order valence-corrected chi connectivity index (χ0v) is 18.2. The monoisotopic (exact) mass is 459 g/mol. The molecule has 31 heavy (non-hydrogen) atoms. The number of halogens is 4. The lowest BCUT2D eigenvalue weighted by atomic mass is 10.0. The Kier molecular flexibility index (Phi) is 5.49. The second-order valence-electron chi connectivity index (χ2n) is 6.99. The van der Waals surface area contributed by atoms with E-state index in [1.54, 1.807) is 29.9 Å². The van der Waals surface area contributed by atoms with Crippen LogP contribution in [0.4, 0.5) is 13.2 Å². The molecule has 0 spiro atoms. The van der Waals surface area contributed by atoms with Crippen LogP contribution in [0.25, 0.3) is 33.2 Å². The fourth-order valence-corrected chi connectivity index (χ4v) is 4.64. The standard InChI is InChI=1S/C23H17ClF3N3S/c1-4-23(26,27)15-10-8-14(9-11-15)20-13(2)16(12-31-20)22-28-21(29-30(22)3)19-17(24)6-5-7-18(19)25/h4-12H,1H2,2-3H3. The van der Waals surface area contributed by atoms with Gasteiger partial charge in [-0.2, -0.15) is 13.9 Å². The van der Waals surface area contributed by atoms with E-state index in [0.717, 1.165) is 21.6 Å². The number of aromatic nitrogens is 3. The summed E-state index contributed by atoms with van der Waals surface area (Å²) in [4.78, 5) is 5.45. The van der Waals surface area contributed by atoms with Crippen LogP contribution in [0.5, 0.6) is 0 Å². The normalized spacial score (nSPS) is 11.7. The van der Waals surface area contributed by atoms with Gasteiger partial charge in [0, 0.05) is 28.4 Å². The number of hydrogen-bond acceptors (Lipinski definition) is 3. The smallest absolute Gasteiger partial charge is 0.248 e. The highest BCUT2D eigenvalue weighted by Gasteiger charge is 2.27. The van der Waals surface area contributed by atoms with Crippen molar-refractivity contribution in [1.82, 2.24) is 14.8 Å². The van der Waals surface area contributed by atoms with Crippen molar-refractivity contribution in [3.63, 3.8) is 0 Å². The molecule has 0 saturated heterocycles. The van der Waals surface area contributed by atoms with E-state index in [2.05, 4.69) is 16.7 Å². The van der Waals surface area contributed by atoms with Crippen molar-refractivity contribution in [2.75, 3.05) is 0 Å². The van der Waals surface area contributed by atoms with Gasteiger partial charge in [0.25, 0.3) is 5.92 Å². The van der Waals surface area contributed by atoms with E-state index in [4.69, 9.17) is 11.6 Å². The Morgan fingerprint density at radius 2 is 1.87 bits per heavy atom. The third-order valence-corrected chi connectivity index (χ3v) is 6.46. The van der Waals surface area contributed by atoms with Gasteiger partial charge in [0.2, 0.25) is 0 Å². The van der Waals surface area contributed by atoms with Crippen LogP contribution in [0.3, 0.4) is 0 Å². The van der Waals surface area contributed by atoms with Gasteiger partial charge in [0.15, 0.2) is 11.6 Å². The number of allylic oxidation sites excluding steroid dienone is 1. The van der Waals surface area contributed by atoms with Gasteiger partial charge in [-0.05, 0) is 36.3 Å². The summed E-state index contributed by atoms with van der Waals surface area (Å²) in [6, 6.07) is 10.5. The molecule has 0 aliphatic heterocycles. The lowest BCUT2D eigenvalue weighted by Gasteiger charge is -2.12. The Morgan fingerprint density at radius 1 is 1.16 bits per heavy atom. The highest BCUT2D eigenvalue weighted by Crippen LogP contribution is 2.39. The van der Waals surface area contributed by atoms with Gasteiger partial charge in [0.05, 0.1) is 10.6 Å². The van der Waals surface area contributed by atoms with E-state index in [9.17, 15) is 13.2 Å². The Bertz CT molecular complexity index is 1260. The minimum Gasteiger partial charge on any atom is -0.248 e. The first-order valence-corrected chi connectivity index (χ1v) is 10.5. The highest BCUT2D eigenvalue weighted by molar-refractivity contribution is 7.14. The number of hydrogen-bond donors (Lipinski definition) is 0. The van der Waals surface area contributed by atoms with E-state index in [1.807, 2.05) is 12.3 Å². The lowest BCUT2D eigenvalue weighted by Crippen LogP contribution is -2.08. The lowest BCUT2D eigenvalue weighted by molar-refractivity contribution is 0.0526. The van der Waals surface area contributed by atoms with Crippen LogP contribution in [0.15, 0.2) is 60.5 Å². The second kappa shape index (κ2) is 7.98. The molecular weight excluding hydrogens is 443 g/mol. The molecule has 2 heterocycles. The van der Waals surface area contributed by atoms with Gasteiger partial charge in [-0.1, -0.05) is 48.5 Å². The summed E-state index contributed by atoms with van der Waals surface area (Å²) in [7, 11) is 1.73. The Hall–Kier alpha value is -2.90. The molecule has 0 N–H and O–H groups in total. The molecule has 0 aliphatic rings. The first-order valence-electron chi connectivity index (χ1n) is 9.29. The number of benzene rings is 2. The largest absolute Gasteiger partial charge is 0.291 e. The van der Waals surface area contributed by atoms with Crippen molar-refractivity contribution in [3.8, 4) is 33.2 Å². The van der Waals surface area contributed by atoms with Gasteiger partial charge in [-0.15, -0.1) is 11.3 Å². The van der Waals surface area contributed by atoms with Gasteiger partial charge in [-0.3, -0.25) is 0 Å². The maximum Gasteiger partial charge on any atom is 0.291 e. The number of aryl methyl sites for hydroxylation is 1. The molecule has 2 aromatic carbocycles. The molecule has 0 aliphatic carbocycles. The van der Waals surface area contributed by atoms with Gasteiger partial charge < -0.3 is 0 Å². The fourth-order valence-electron chi connectivity index (χ4n) is 3.32.